The smallest absolute Gasteiger partial charge is 0.312 e. The van der Waals surface area contributed by atoms with Crippen LogP contribution in [0, 0.1) is 6.92 Å². The summed E-state index contributed by atoms with van der Waals surface area (Å²) in [6.07, 6.45) is -3.34. The normalized spacial score (nSPS) is 18.9. The number of hydrogen-bond acceptors (Lipinski definition) is 2. The third-order valence-corrected chi connectivity index (χ3v) is 3.83. The van der Waals surface area contributed by atoms with Crippen LogP contribution in [-0.4, -0.2) is 36.8 Å². The van der Waals surface area contributed by atoms with Gasteiger partial charge in [-0.3, -0.25) is 4.99 Å². The molecule has 2 rings (SSSR count). The van der Waals surface area contributed by atoms with Crippen LogP contribution in [0.1, 0.15) is 30.0 Å². The van der Waals surface area contributed by atoms with Crippen molar-refractivity contribution in [2.24, 2.45) is 9.98 Å². The minimum absolute atomic E-state index is 0.269. The van der Waals surface area contributed by atoms with E-state index in [2.05, 4.69) is 16.9 Å². The van der Waals surface area contributed by atoms with Crippen LogP contribution in [0.25, 0.3) is 0 Å². The number of allylic oxidation sites excluding steroid dienone is 1. The van der Waals surface area contributed by atoms with Gasteiger partial charge in [0.25, 0.3) is 0 Å². The molecular formula is C17H20F3N3. The average molecular weight is 323 g/mol. The van der Waals surface area contributed by atoms with Gasteiger partial charge in [0.15, 0.2) is 5.84 Å². The van der Waals surface area contributed by atoms with E-state index < -0.39 is 12.6 Å². The van der Waals surface area contributed by atoms with E-state index in [0.717, 1.165) is 29.2 Å². The van der Waals surface area contributed by atoms with Crippen LogP contribution in [-0.2, 0) is 6.42 Å². The highest BCUT2D eigenvalue weighted by atomic mass is 19.4. The van der Waals surface area contributed by atoms with Gasteiger partial charge in [0.1, 0.15) is 11.5 Å². The highest BCUT2D eigenvalue weighted by molar-refractivity contribution is 6.20. The topological polar surface area (TPSA) is 28.0 Å². The van der Waals surface area contributed by atoms with E-state index in [-0.39, 0.29) is 5.70 Å². The van der Waals surface area contributed by atoms with Gasteiger partial charge < -0.3 is 4.90 Å². The summed E-state index contributed by atoms with van der Waals surface area (Å²) in [5, 5.41) is 0. The number of aliphatic imine (C=N–C) groups is 2. The standard InChI is InChI=1S/C17H20F3N3/c1-5-12-11(2)7-6-8-13(12)15-22-14(9-10-17(18,19)20)16(21-3)23(15)4/h6-9H,5,10H2,1-4H3/b14-9+,21-16+. The van der Waals surface area contributed by atoms with Crippen LogP contribution in [0.3, 0.4) is 0 Å². The van der Waals surface area contributed by atoms with E-state index in [9.17, 15) is 13.2 Å². The van der Waals surface area contributed by atoms with Crippen molar-refractivity contribution in [2.75, 3.05) is 14.1 Å². The lowest BCUT2D eigenvalue weighted by molar-refractivity contribution is -0.125. The van der Waals surface area contributed by atoms with Crippen LogP contribution in [0.2, 0.25) is 0 Å². The first-order valence-electron chi connectivity index (χ1n) is 7.43. The molecule has 0 aromatic heterocycles. The zero-order valence-electron chi connectivity index (χ0n) is 13.7. The van der Waals surface area contributed by atoms with Crippen molar-refractivity contribution in [1.82, 2.24) is 4.90 Å². The molecule has 0 saturated heterocycles. The fraction of sp³-hybridized carbons (Fsp3) is 0.412. The van der Waals surface area contributed by atoms with Gasteiger partial charge >= 0.3 is 6.18 Å². The Morgan fingerprint density at radius 1 is 1.30 bits per heavy atom. The molecule has 0 unspecified atom stereocenters. The minimum atomic E-state index is -4.25. The highest BCUT2D eigenvalue weighted by Crippen LogP contribution is 2.26. The van der Waals surface area contributed by atoms with Crippen molar-refractivity contribution < 1.29 is 13.2 Å². The highest BCUT2D eigenvalue weighted by Gasteiger charge is 2.30. The first kappa shape index (κ1) is 17.2. The molecule has 1 aromatic rings. The fourth-order valence-corrected chi connectivity index (χ4v) is 2.75. The number of aryl methyl sites for hydroxylation is 1. The van der Waals surface area contributed by atoms with Crippen molar-refractivity contribution in [3.05, 3.63) is 46.7 Å². The summed E-state index contributed by atoms with van der Waals surface area (Å²) in [6.45, 7) is 4.07. The van der Waals surface area contributed by atoms with Crippen LogP contribution in [0.15, 0.2) is 40.0 Å². The molecule has 6 heteroatoms. The number of halogens is 3. The summed E-state index contributed by atoms with van der Waals surface area (Å²) < 4.78 is 37.4. The quantitative estimate of drug-likeness (QED) is 0.822. The molecule has 0 atom stereocenters. The van der Waals surface area contributed by atoms with Crippen LogP contribution < -0.4 is 0 Å². The van der Waals surface area contributed by atoms with E-state index in [1.165, 1.54) is 0 Å². The average Bonchev–Trinajstić information content (AvgIpc) is 2.80. The molecule has 0 amide bonds. The Bertz CT molecular complexity index is 685. The van der Waals surface area contributed by atoms with Gasteiger partial charge in [-0.15, -0.1) is 0 Å². The second kappa shape index (κ2) is 6.56. The zero-order chi connectivity index (χ0) is 17.2. The molecule has 23 heavy (non-hydrogen) atoms. The second-order valence-corrected chi connectivity index (χ2v) is 5.40. The molecule has 124 valence electrons. The van der Waals surface area contributed by atoms with E-state index in [4.69, 9.17) is 0 Å². The minimum Gasteiger partial charge on any atom is -0.312 e. The number of hydrogen-bond donors (Lipinski definition) is 0. The van der Waals surface area contributed by atoms with Crippen molar-refractivity contribution in [2.45, 2.75) is 32.9 Å². The van der Waals surface area contributed by atoms with Crippen LogP contribution in [0.5, 0.6) is 0 Å². The Morgan fingerprint density at radius 2 is 2.00 bits per heavy atom. The summed E-state index contributed by atoms with van der Waals surface area (Å²) in [7, 11) is 3.33. The van der Waals surface area contributed by atoms with Crippen molar-refractivity contribution in [3.63, 3.8) is 0 Å². The summed E-state index contributed by atoms with van der Waals surface area (Å²) in [4.78, 5) is 10.3. The largest absolute Gasteiger partial charge is 0.392 e. The van der Waals surface area contributed by atoms with Gasteiger partial charge in [0.2, 0.25) is 0 Å². The lowest BCUT2D eigenvalue weighted by Gasteiger charge is -2.18. The maximum Gasteiger partial charge on any atom is 0.392 e. The van der Waals surface area contributed by atoms with Crippen molar-refractivity contribution in [1.29, 1.82) is 0 Å². The van der Waals surface area contributed by atoms with Gasteiger partial charge in [-0.1, -0.05) is 25.1 Å². The van der Waals surface area contributed by atoms with Crippen LogP contribution in [0.4, 0.5) is 13.2 Å². The summed E-state index contributed by atoms with van der Waals surface area (Å²) in [6, 6.07) is 5.90. The first-order valence-corrected chi connectivity index (χ1v) is 7.43. The van der Waals surface area contributed by atoms with Gasteiger partial charge in [-0.2, -0.15) is 13.2 Å². The number of amidine groups is 2. The van der Waals surface area contributed by atoms with Crippen molar-refractivity contribution in [3.8, 4) is 0 Å². The van der Waals surface area contributed by atoms with Crippen LogP contribution >= 0.6 is 0 Å². The number of alkyl halides is 3. The number of rotatable bonds is 3. The van der Waals surface area contributed by atoms with Gasteiger partial charge in [-0.05, 0) is 30.5 Å². The molecule has 0 aliphatic carbocycles. The van der Waals surface area contributed by atoms with Gasteiger partial charge in [0, 0.05) is 19.7 Å². The Balaban J connectivity index is 2.49. The van der Waals surface area contributed by atoms with Gasteiger partial charge in [0.05, 0.1) is 6.42 Å². The van der Waals surface area contributed by atoms with E-state index in [1.54, 1.807) is 19.0 Å². The summed E-state index contributed by atoms with van der Waals surface area (Å²) in [5.74, 6) is 1.09. The molecule has 1 aromatic carbocycles. The number of nitrogens with zero attached hydrogens (tertiary/aromatic N) is 3. The molecule has 1 heterocycles. The molecule has 0 bridgehead atoms. The van der Waals surface area contributed by atoms with E-state index >= 15 is 0 Å². The Morgan fingerprint density at radius 3 is 2.57 bits per heavy atom. The SMILES string of the molecule is CCc1c(C)cccc1C1=NC(=C/CC(F)(F)F)/C(=N\C)N1C. The third kappa shape index (κ3) is 3.63. The molecule has 0 spiro atoms. The maximum atomic E-state index is 12.5. The lowest BCUT2D eigenvalue weighted by Crippen LogP contribution is -2.29. The third-order valence-electron chi connectivity index (χ3n) is 3.83. The first-order chi connectivity index (χ1) is 10.8. The second-order valence-electron chi connectivity index (χ2n) is 5.40. The Hall–Kier alpha value is -2.11. The molecule has 0 fully saturated rings. The molecule has 1 aliphatic rings. The van der Waals surface area contributed by atoms with E-state index in [1.807, 2.05) is 25.1 Å². The predicted molar refractivity (Wildman–Crippen MR) is 87.0 cm³/mol. The maximum absolute atomic E-state index is 12.5. The molecule has 1 aliphatic heterocycles. The summed E-state index contributed by atoms with van der Waals surface area (Å²) in [5.41, 5.74) is 3.49. The van der Waals surface area contributed by atoms with Crippen molar-refractivity contribution >= 4 is 11.7 Å². The lowest BCUT2D eigenvalue weighted by atomic mass is 9.99. The number of likely N-dealkylation sites (N-methyl/N-ethyl adjacent to an activating group) is 1. The summed E-state index contributed by atoms with van der Waals surface area (Å²) >= 11 is 0. The molecular weight excluding hydrogens is 303 g/mol. The Kier molecular flexibility index (Phi) is 4.92. The molecule has 0 N–H and O–H groups in total. The Labute approximate surface area is 134 Å². The molecule has 3 nitrogen and oxygen atoms in total. The monoisotopic (exact) mass is 323 g/mol. The number of benzene rings is 1. The zero-order valence-corrected chi connectivity index (χ0v) is 13.7. The molecule has 0 radical (unpaired) electrons. The van der Waals surface area contributed by atoms with E-state index in [0.29, 0.717) is 11.7 Å². The van der Waals surface area contributed by atoms with Gasteiger partial charge in [-0.25, -0.2) is 4.99 Å². The fourth-order valence-electron chi connectivity index (χ4n) is 2.75. The predicted octanol–water partition coefficient (Wildman–Crippen LogP) is 4.11. The molecule has 0 saturated carbocycles.